The van der Waals surface area contributed by atoms with Crippen molar-refractivity contribution in [2.75, 3.05) is 0 Å². The number of aromatic nitrogens is 2. The molecule has 4 rings (SSSR count). The fourth-order valence-electron chi connectivity index (χ4n) is 5.19. The third-order valence-corrected chi connectivity index (χ3v) is 6.87. The SMILES string of the molecule is CC[C@@H](O[C@@]12CC[C@@H](c3cc(-c4c(F)cccc4F)nnc31)C2(C)C)C(=O)NNC(C)=O. The van der Waals surface area contributed by atoms with Crippen molar-refractivity contribution in [3.8, 4) is 11.3 Å². The normalized spacial score (nSPS) is 23.5. The van der Waals surface area contributed by atoms with Crippen LogP contribution in [0.25, 0.3) is 11.3 Å². The molecule has 32 heavy (non-hydrogen) atoms. The van der Waals surface area contributed by atoms with Crippen LogP contribution in [0.4, 0.5) is 8.78 Å². The first kappa shape index (κ1) is 22.3. The Morgan fingerprint density at radius 3 is 2.53 bits per heavy atom. The van der Waals surface area contributed by atoms with Crippen molar-refractivity contribution < 1.29 is 23.1 Å². The monoisotopic (exact) mass is 444 g/mol. The van der Waals surface area contributed by atoms with E-state index < -0.39 is 40.6 Å². The molecule has 0 spiro atoms. The lowest BCUT2D eigenvalue weighted by molar-refractivity contribution is -0.169. The van der Waals surface area contributed by atoms with Crippen molar-refractivity contribution in [2.45, 2.75) is 64.6 Å². The number of amides is 2. The van der Waals surface area contributed by atoms with Gasteiger partial charge in [-0.25, -0.2) is 8.78 Å². The van der Waals surface area contributed by atoms with Crippen LogP contribution in [0.3, 0.4) is 0 Å². The predicted molar refractivity (Wildman–Crippen MR) is 112 cm³/mol. The van der Waals surface area contributed by atoms with Crippen molar-refractivity contribution >= 4 is 11.8 Å². The van der Waals surface area contributed by atoms with Crippen LogP contribution in [0.2, 0.25) is 0 Å². The van der Waals surface area contributed by atoms with E-state index in [1.54, 1.807) is 6.07 Å². The molecule has 1 saturated carbocycles. The molecule has 2 aromatic rings. The molecular formula is C23H26F2N4O3. The van der Waals surface area contributed by atoms with E-state index in [4.69, 9.17) is 4.74 Å². The highest BCUT2D eigenvalue weighted by Gasteiger charge is 2.65. The maximum Gasteiger partial charge on any atom is 0.267 e. The first-order valence-electron chi connectivity index (χ1n) is 10.7. The molecule has 2 aliphatic rings. The summed E-state index contributed by atoms with van der Waals surface area (Å²) in [5.74, 6) is -2.21. The smallest absolute Gasteiger partial charge is 0.267 e. The van der Waals surface area contributed by atoms with E-state index in [1.807, 2.05) is 20.8 Å². The van der Waals surface area contributed by atoms with Gasteiger partial charge in [0.15, 0.2) is 0 Å². The summed E-state index contributed by atoms with van der Waals surface area (Å²) in [6, 6.07) is 5.37. The minimum atomic E-state index is -0.874. The molecule has 0 unspecified atom stereocenters. The second kappa shape index (κ2) is 7.88. The summed E-state index contributed by atoms with van der Waals surface area (Å²) in [5, 5.41) is 8.52. The molecule has 0 saturated heterocycles. The standard InChI is InChI=1S/C23H26F2N4O3/c1-5-18(21(31)29-26-12(2)30)32-23-10-9-14(22(23,3)4)13-11-17(27-28-20(13)23)19-15(24)7-6-8-16(19)25/h6-8,11,14,18H,5,9-10H2,1-4H3,(H,26,30)(H,29,31)/t14-,18+,23-/m0/s1. The largest absolute Gasteiger partial charge is 0.355 e. The Hall–Kier alpha value is -2.94. The maximum atomic E-state index is 14.3. The van der Waals surface area contributed by atoms with Gasteiger partial charge in [-0.15, -0.1) is 5.10 Å². The van der Waals surface area contributed by atoms with Crippen LogP contribution >= 0.6 is 0 Å². The van der Waals surface area contributed by atoms with Crippen LogP contribution in [0.1, 0.15) is 64.1 Å². The van der Waals surface area contributed by atoms with Crippen molar-refractivity contribution in [3.05, 3.63) is 47.2 Å². The molecule has 7 nitrogen and oxygen atoms in total. The fraction of sp³-hybridized carbons (Fsp3) is 0.478. The number of hydrogen-bond acceptors (Lipinski definition) is 5. The van der Waals surface area contributed by atoms with Crippen molar-refractivity contribution in [1.82, 2.24) is 21.0 Å². The van der Waals surface area contributed by atoms with Crippen molar-refractivity contribution in [1.29, 1.82) is 0 Å². The van der Waals surface area contributed by atoms with Crippen LogP contribution in [0.15, 0.2) is 24.3 Å². The molecule has 2 N–H and O–H groups in total. The summed E-state index contributed by atoms with van der Waals surface area (Å²) in [4.78, 5) is 23.8. The number of nitrogens with one attached hydrogen (secondary N) is 2. The number of benzene rings is 1. The van der Waals surface area contributed by atoms with Gasteiger partial charge >= 0.3 is 0 Å². The first-order chi connectivity index (χ1) is 15.1. The minimum absolute atomic E-state index is 0.0393. The van der Waals surface area contributed by atoms with Gasteiger partial charge in [-0.3, -0.25) is 20.4 Å². The lowest BCUT2D eigenvalue weighted by Gasteiger charge is -2.39. The summed E-state index contributed by atoms with van der Waals surface area (Å²) in [7, 11) is 0. The molecule has 2 bridgehead atoms. The number of carbonyl (C=O) groups excluding carboxylic acids is 2. The molecule has 0 aliphatic heterocycles. The molecule has 0 radical (unpaired) electrons. The summed E-state index contributed by atoms with van der Waals surface area (Å²) in [5.41, 5.74) is 4.73. The number of fused-ring (bicyclic) bond motifs is 5. The highest BCUT2D eigenvalue weighted by molar-refractivity contribution is 5.83. The van der Waals surface area contributed by atoms with E-state index in [2.05, 4.69) is 21.0 Å². The number of halogens is 2. The maximum absolute atomic E-state index is 14.3. The van der Waals surface area contributed by atoms with E-state index in [0.717, 1.165) is 12.0 Å². The quantitative estimate of drug-likeness (QED) is 0.689. The summed E-state index contributed by atoms with van der Waals surface area (Å²) in [6.07, 6.45) is 0.990. The summed E-state index contributed by atoms with van der Waals surface area (Å²) < 4.78 is 35.1. The van der Waals surface area contributed by atoms with Crippen LogP contribution in [0, 0.1) is 17.0 Å². The Morgan fingerprint density at radius 1 is 1.22 bits per heavy atom. The van der Waals surface area contributed by atoms with Gasteiger partial charge in [-0.2, -0.15) is 5.10 Å². The zero-order valence-corrected chi connectivity index (χ0v) is 18.5. The van der Waals surface area contributed by atoms with Crippen molar-refractivity contribution in [3.63, 3.8) is 0 Å². The van der Waals surface area contributed by atoms with Crippen LogP contribution in [0.5, 0.6) is 0 Å². The summed E-state index contributed by atoms with van der Waals surface area (Å²) >= 11 is 0. The molecular weight excluding hydrogens is 418 g/mol. The average Bonchev–Trinajstić information content (AvgIpc) is 3.10. The third-order valence-electron chi connectivity index (χ3n) is 6.87. The summed E-state index contributed by atoms with van der Waals surface area (Å²) in [6.45, 7) is 7.21. The predicted octanol–water partition coefficient (Wildman–Crippen LogP) is 3.50. The van der Waals surface area contributed by atoms with Gasteiger partial charge in [0.05, 0.1) is 17.0 Å². The van der Waals surface area contributed by atoms with Gasteiger partial charge in [0.1, 0.15) is 23.3 Å². The third kappa shape index (κ3) is 3.26. The molecule has 3 atom stereocenters. The van der Waals surface area contributed by atoms with Gasteiger partial charge in [0.25, 0.3) is 5.91 Å². The molecule has 1 fully saturated rings. The number of carbonyl (C=O) groups is 2. The second-order valence-corrected chi connectivity index (χ2v) is 8.96. The van der Waals surface area contributed by atoms with Gasteiger partial charge in [0, 0.05) is 12.3 Å². The number of nitrogens with zero attached hydrogens (tertiary/aromatic N) is 2. The Morgan fingerprint density at radius 2 is 1.91 bits per heavy atom. The lowest BCUT2D eigenvalue weighted by Crippen LogP contribution is -2.50. The molecule has 1 aromatic heterocycles. The van der Waals surface area contributed by atoms with Crippen LogP contribution in [-0.4, -0.2) is 28.1 Å². The van der Waals surface area contributed by atoms with Gasteiger partial charge in [-0.1, -0.05) is 26.8 Å². The molecule has 9 heteroatoms. The number of hydrogen-bond donors (Lipinski definition) is 2. The van der Waals surface area contributed by atoms with E-state index in [1.165, 1.54) is 25.1 Å². The Bertz CT molecular complexity index is 1070. The highest BCUT2D eigenvalue weighted by Crippen LogP contribution is 2.68. The van der Waals surface area contributed by atoms with E-state index in [-0.39, 0.29) is 17.2 Å². The average molecular weight is 444 g/mol. The zero-order chi connectivity index (χ0) is 23.3. The fourth-order valence-corrected chi connectivity index (χ4v) is 5.19. The van der Waals surface area contributed by atoms with Gasteiger partial charge in [-0.05, 0) is 48.9 Å². The molecule has 1 heterocycles. The first-order valence-corrected chi connectivity index (χ1v) is 10.7. The Kier molecular flexibility index (Phi) is 5.48. The van der Waals surface area contributed by atoms with Crippen LogP contribution < -0.4 is 10.9 Å². The molecule has 170 valence electrons. The van der Waals surface area contributed by atoms with E-state index >= 15 is 0 Å². The van der Waals surface area contributed by atoms with Gasteiger partial charge < -0.3 is 4.74 Å². The van der Waals surface area contributed by atoms with E-state index in [9.17, 15) is 18.4 Å². The number of rotatable bonds is 5. The molecule has 2 amide bonds. The zero-order valence-electron chi connectivity index (χ0n) is 18.5. The van der Waals surface area contributed by atoms with Crippen LogP contribution in [-0.2, 0) is 19.9 Å². The lowest BCUT2D eigenvalue weighted by atomic mass is 9.77. The second-order valence-electron chi connectivity index (χ2n) is 8.96. The van der Waals surface area contributed by atoms with E-state index in [0.29, 0.717) is 18.5 Å². The molecule has 1 aromatic carbocycles. The topological polar surface area (TPSA) is 93.2 Å². The number of hydrazine groups is 1. The Labute approximate surface area is 184 Å². The minimum Gasteiger partial charge on any atom is -0.355 e. The molecule has 2 aliphatic carbocycles. The van der Waals surface area contributed by atoms with Gasteiger partial charge in [0.2, 0.25) is 5.91 Å². The van der Waals surface area contributed by atoms with Crippen molar-refractivity contribution in [2.24, 2.45) is 5.41 Å². The highest BCUT2D eigenvalue weighted by atomic mass is 19.1. The Balaban J connectivity index is 1.72. The number of ether oxygens (including phenoxy) is 1.